The number of nitrogens with zero attached hydrogens (tertiary/aromatic N) is 2. The van der Waals surface area contributed by atoms with Crippen LogP contribution < -0.4 is 14.4 Å². The Hall–Kier alpha value is -2.69. The third-order valence-corrected chi connectivity index (χ3v) is 3.98. The van der Waals surface area contributed by atoms with Crippen molar-refractivity contribution in [2.24, 2.45) is 0 Å². The third-order valence-electron chi connectivity index (χ3n) is 3.98. The van der Waals surface area contributed by atoms with Gasteiger partial charge < -0.3 is 14.4 Å². The van der Waals surface area contributed by atoms with Crippen LogP contribution in [-0.2, 0) is 6.54 Å². The molecule has 22 heavy (non-hydrogen) atoms. The van der Waals surface area contributed by atoms with E-state index in [0.717, 1.165) is 23.5 Å². The van der Waals surface area contributed by atoms with Gasteiger partial charge in [-0.1, -0.05) is 30.3 Å². The summed E-state index contributed by atoms with van der Waals surface area (Å²) in [6.45, 7) is 2.29. The van der Waals surface area contributed by atoms with Crippen LogP contribution in [0.4, 0.5) is 10.5 Å². The van der Waals surface area contributed by atoms with Gasteiger partial charge >= 0.3 is 6.03 Å². The molecule has 0 saturated carbocycles. The molecule has 4 rings (SSSR count). The van der Waals surface area contributed by atoms with Gasteiger partial charge in [0.25, 0.3) is 0 Å². The molecular weight excluding hydrogens is 280 g/mol. The van der Waals surface area contributed by atoms with E-state index in [1.807, 2.05) is 53.4 Å². The quantitative estimate of drug-likeness (QED) is 0.874. The highest BCUT2D eigenvalue weighted by Crippen LogP contribution is 2.36. The molecule has 2 aliphatic heterocycles. The van der Waals surface area contributed by atoms with Crippen LogP contribution >= 0.6 is 0 Å². The maximum Gasteiger partial charge on any atom is 0.324 e. The highest BCUT2D eigenvalue weighted by molar-refractivity contribution is 5.94. The van der Waals surface area contributed by atoms with Gasteiger partial charge in [-0.3, -0.25) is 4.90 Å². The Morgan fingerprint density at radius 2 is 1.77 bits per heavy atom. The molecule has 2 aromatic rings. The van der Waals surface area contributed by atoms with Crippen molar-refractivity contribution in [2.75, 3.05) is 24.8 Å². The zero-order chi connectivity index (χ0) is 14.9. The molecule has 2 heterocycles. The lowest BCUT2D eigenvalue weighted by Gasteiger charge is -2.19. The van der Waals surface area contributed by atoms with Crippen molar-refractivity contribution in [2.45, 2.75) is 6.54 Å². The van der Waals surface area contributed by atoms with E-state index in [1.165, 1.54) is 0 Å². The Labute approximate surface area is 128 Å². The van der Waals surface area contributed by atoms with Crippen molar-refractivity contribution in [1.82, 2.24) is 4.90 Å². The number of benzene rings is 2. The van der Waals surface area contributed by atoms with Crippen LogP contribution in [0.3, 0.4) is 0 Å². The average Bonchev–Trinajstić information content (AvgIpc) is 3.15. The molecule has 5 heteroatoms. The summed E-state index contributed by atoms with van der Waals surface area (Å²) in [5, 5.41) is 0. The number of carbonyl (C=O) groups excluding carboxylic acids is 1. The van der Waals surface area contributed by atoms with Crippen LogP contribution in [0.5, 0.6) is 11.5 Å². The monoisotopic (exact) mass is 296 g/mol. The zero-order valence-corrected chi connectivity index (χ0v) is 12.1. The van der Waals surface area contributed by atoms with Crippen LogP contribution in [0.2, 0.25) is 0 Å². The molecule has 2 aliphatic rings. The van der Waals surface area contributed by atoms with E-state index in [0.29, 0.717) is 18.8 Å². The Morgan fingerprint density at radius 1 is 0.955 bits per heavy atom. The van der Waals surface area contributed by atoms with Gasteiger partial charge in [0.15, 0.2) is 11.5 Å². The molecule has 0 unspecified atom stereocenters. The predicted molar refractivity (Wildman–Crippen MR) is 82.2 cm³/mol. The second-order valence-corrected chi connectivity index (χ2v) is 5.38. The van der Waals surface area contributed by atoms with Gasteiger partial charge in [0.1, 0.15) is 0 Å². The van der Waals surface area contributed by atoms with Crippen molar-refractivity contribution in [1.29, 1.82) is 0 Å². The molecule has 0 bridgehead atoms. The molecule has 2 aromatic carbocycles. The lowest BCUT2D eigenvalue weighted by molar-refractivity contribution is 0.174. The lowest BCUT2D eigenvalue weighted by Crippen LogP contribution is -2.31. The number of anilines is 1. The average molecular weight is 296 g/mol. The Bertz CT molecular complexity index is 702. The standard InChI is InChI=1S/C17H16N2O3/c20-17-18(11-13-4-2-1-3-5-13)8-9-19(17)14-6-7-15-16(10-14)22-12-21-15/h1-7,10H,8-9,11-12H2. The van der Waals surface area contributed by atoms with Crippen molar-refractivity contribution >= 4 is 11.7 Å². The highest BCUT2D eigenvalue weighted by atomic mass is 16.7. The first kappa shape index (κ1) is 13.0. The van der Waals surface area contributed by atoms with Crippen molar-refractivity contribution in [3.05, 3.63) is 54.1 Å². The minimum Gasteiger partial charge on any atom is -0.454 e. The van der Waals surface area contributed by atoms with Crippen molar-refractivity contribution in [3.63, 3.8) is 0 Å². The van der Waals surface area contributed by atoms with E-state index in [-0.39, 0.29) is 12.8 Å². The van der Waals surface area contributed by atoms with Crippen LogP contribution in [-0.4, -0.2) is 30.8 Å². The number of carbonyl (C=O) groups is 1. The van der Waals surface area contributed by atoms with Crippen molar-refractivity contribution in [3.8, 4) is 11.5 Å². The van der Waals surface area contributed by atoms with E-state index >= 15 is 0 Å². The van der Waals surface area contributed by atoms with Gasteiger partial charge in [-0.05, 0) is 17.7 Å². The van der Waals surface area contributed by atoms with Gasteiger partial charge in [0.2, 0.25) is 6.79 Å². The largest absolute Gasteiger partial charge is 0.454 e. The molecule has 2 amide bonds. The fourth-order valence-electron chi connectivity index (χ4n) is 2.83. The number of rotatable bonds is 3. The number of hydrogen-bond acceptors (Lipinski definition) is 3. The number of hydrogen-bond donors (Lipinski definition) is 0. The van der Waals surface area contributed by atoms with Crippen molar-refractivity contribution < 1.29 is 14.3 Å². The van der Waals surface area contributed by atoms with Gasteiger partial charge in [-0.2, -0.15) is 0 Å². The van der Waals surface area contributed by atoms with E-state index in [1.54, 1.807) is 4.90 Å². The molecule has 0 N–H and O–H groups in total. The molecule has 5 nitrogen and oxygen atoms in total. The van der Waals surface area contributed by atoms with Gasteiger partial charge in [-0.25, -0.2) is 4.79 Å². The highest BCUT2D eigenvalue weighted by Gasteiger charge is 2.30. The number of amides is 2. The van der Waals surface area contributed by atoms with E-state index in [2.05, 4.69) is 0 Å². The topological polar surface area (TPSA) is 42.0 Å². The third kappa shape index (κ3) is 2.24. The predicted octanol–water partition coefficient (Wildman–Crippen LogP) is 2.86. The second-order valence-electron chi connectivity index (χ2n) is 5.38. The summed E-state index contributed by atoms with van der Waals surface area (Å²) >= 11 is 0. The fourth-order valence-corrected chi connectivity index (χ4v) is 2.83. The molecule has 0 aromatic heterocycles. The maximum absolute atomic E-state index is 12.6. The van der Waals surface area contributed by atoms with Gasteiger partial charge in [-0.15, -0.1) is 0 Å². The summed E-state index contributed by atoms with van der Waals surface area (Å²) in [7, 11) is 0. The number of fused-ring (bicyclic) bond motifs is 1. The molecule has 1 fully saturated rings. The summed E-state index contributed by atoms with van der Waals surface area (Å²) in [5.41, 5.74) is 1.99. The molecule has 0 atom stereocenters. The first-order valence-corrected chi connectivity index (χ1v) is 7.31. The van der Waals surface area contributed by atoms with E-state index < -0.39 is 0 Å². The van der Waals surface area contributed by atoms with E-state index in [4.69, 9.17) is 9.47 Å². The molecular formula is C17H16N2O3. The molecule has 0 spiro atoms. The molecule has 0 aliphatic carbocycles. The van der Waals surface area contributed by atoms with Crippen LogP contribution in [0, 0.1) is 0 Å². The molecule has 1 saturated heterocycles. The normalized spacial score (nSPS) is 16.5. The van der Waals surface area contributed by atoms with Gasteiger partial charge in [0.05, 0.1) is 0 Å². The second kappa shape index (κ2) is 5.26. The Morgan fingerprint density at radius 3 is 2.64 bits per heavy atom. The summed E-state index contributed by atoms with van der Waals surface area (Å²) in [5.74, 6) is 1.43. The molecule has 0 radical (unpaired) electrons. The first-order chi connectivity index (χ1) is 10.8. The minimum atomic E-state index is 0.0303. The first-order valence-electron chi connectivity index (χ1n) is 7.31. The summed E-state index contributed by atoms with van der Waals surface area (Å²) in [6, 6.07) is 15.7. The number of urea groups is 1. The smallest absolute Gasteiger partial charge is 0.324 e. The number of ether oxygens (including phenoxy) is 2. The Kier molecular flexibility index (Phi) is 3.11. The minimum absolute atomic E-state index is 0.0303. The van der Waals surface area contributed by atoms with E-state index in [9.17, 15) is 4.79 Å². The van der Waals surface area contributed by atoms with Gasteiger partial charge in [0, 0.05) is 31.4 Å². The maximum atomic E-state index is 12.6. The SMILES string of the molecule is O=C1N(Cc2ccccc2)CCN1c1ccc2c(c1)OCO2. The summed E-state index contributed by atoms with van der Waals surface area (Å²) in [6.07, 6.45) is 0. The van der Waals surface area contributed by atoms with Crippen LogP contribution in [0.25, 0.3) is 0 Å². The summed E-state index contributed by atoms with van der Waals surface area (Å²) in [4.78, 5) is 16.2. The lowest BCUT2D eigenvalue weighted by atomic mass is 10.2. The molecule has 112 valence electrons. The van der Waals surface area contributed by atoms with Crippen LogP contribution in [0.1, 0.15) is 5.56 Å². The fraction of sp³-hybridized carbons (Fsp3) is 0.235. The summed E-state index contributed by atoms with van der Waals surface area (Å²) < 4.78 is 10.7. The zero-order valence-electron chi connectivity index (χ0n) is 12.1. The Balaban J connectivity index is 1.52. The van der Waals surface area contributed by atoms with Crippen LogP contribution in [0.15, 0.2) is 48.5 Å².